The minimum atomic E-state index is -4.55. The number of benzene rings is 4. The molecule has 13 nitrogen and oxygen atoms in total. The molecule has 2 aliphatic carbocycles. The molecule has 0 bridgehead atoms. The van der Waals surface area contributed by atoms with E-state index in [9.17, 15) is 23.3 Å². The van der Waals surface area contributed by atoms with Crippen LogP contribution in [0, 0.1) is 15.5 Å². The maximum absolute atomic E-state index is 14.0. The minimum absolute atomic E-state index is 0.00790. The summed E-state index contributed by atoms with van der Waals surface area (Å²) in [5, 5.41) is 17.0. The molecule has 3 aliphatic rings. The molecule has 2 fully saturated rings. The van der Waals surface area contributed by atoms with Gasteiger partial charge in [0.15, 0.2) is 0 Å². The number of carbonyl (C=O) groups excluding carboxylic acids is 1. The van der Waals surface area contributed by atoms with Crippen LogP contribution >= 0.6 is 11.6 Å². The van der Waals surface area contributed by atoms with E-state index >= 15 is 0 Å². The second kappa shape index (κ2) is 18.1. The van der Waals surface area contributed by atoms with Crippen LogP contribution in [0.25, 0.3) is 16.5 Å². The van der Waals surface area contributed by atoms with E-state index in [2.05, 4.69) is 50.8 Å². The highest BCUT2D eigenvalue weighted by Crippen LogP contribution is 2.43. The number of nitrogens with one attached hydrogen (secondary N) is 3. The van der Waals surface area contributed by atoms with E-state index in [4.69, 9.17) is 21.1 Å². The van der Waals surface area contributed by atoms with Gasteiger partial charge in [-0.2, -0.15) is 0 Å². The number of amides is 1. The Kier molecular flexibility index (Phi) is 12.6. The smallest absolute Gasteiger partial charge is 0.293 e. The summed E-state index contributed by atoms with van der Waals surface area (Å²) in [5.74, 6) is -0.297. The lowest BCUT2D eigenvalue weighted by Gasteiger charge is -2.39. The van der Waals surface area contributed by atoms with Crippen LogP contribution in [-0.4, -0.2) is 81.1 Å². The van der Waals surface area contributed by atoms with E-state index in [-0.39, 0.29) is 34.6 Å². The minimum Gasteiger partial charge on any atom is -0.456 e. The molecule has 1 amide bonds. The van der Waals surface area contributed by atoms with Gasteiger partial charge in [-0.3, -0.25) is 19.8 Å². The molecule has 1 saturated carbocycles. The normalized spacial score (nSPS) is 19.6. The van der Waals surface area contributed by atoms with Crippen molar-refractivity contribution in [3.05, 3.63) is 123 Å². The summed E-state index contributed by atoms with van der Waals surface area (Å²) in [6.07, 6.45) is 8.33. The number of sulfonamides is 1. The van der Waals surface area contributed by atoms with Crippen molar-refractivity contribution in [2.75, 3.05) is 50.1 Å². The lowest BCUT2D eigenvalue weighted by atomic mass is 9.72. The Bertz CT molecular complexity index is 2590. The van der Waals surface area contributed by atoms with Gasteiger partial charge in [-0.25, -0.2) is 13.1 Å². The number of aromatic nitrogens is 1. The molecule has 1 saturated heterocycles. The van der Waals surface area contributed by atoms with Gasteiger partial charge in [0.25, 0.3) is 21.6 Å². The Morgan fingerprint density at radius 1 is 0.952 bits per heavy atom. The van der Waals surface area contributed by atoms with E-state index in [0.29, 0.717) is 5.75 Å². The molecule has 8 rings (SSSR count). The van der Waals surface area contributed by atoms with Crippen molar-refractivity contribution in [3.8, 4) is 11.5 Å². The van der Waals surface area contributed by atoms with Gasteiger partial charge in [-0.15, -0.1) is 0 Å². The first kappa shape index (κ1) is 43.2. The van der Waals surface area contributed by atoms with Crippen molar-refractivity contribution in [3.63, 3.8) is 0 Å². The highest BCUT2D eigenvalue weighted by Gasteiger charge is 2.31. The summed E-state index contributed by atoms with van der Waals surface area (Å²) in [6, 6.07) is 24.3. The van der Waals surface area contributed by atoms with Crippen LogP contribution in [-0.2, 0) is 14.8 Å². The van der Waals surface area contributed by atoms with Gasteiger partial charge in [-0.1, -0.05) is 43.2 Å². The van der Waals surface area contributed by atoms with Crippen LogP contribution in [0.4, 0.5) is 17.1 Å². The first-order valence-corrected chi connectivity index (χ1v) is 23.1. The topological polar surface area (TPSA) is 159 Å². The first-order valence-electron chi connectivity index (χ1n) is 21.2. The van der Waals surface area contributed by atoms with Crippen LogP contribution in [0.3, 0.4) is 0 Å². The zero-order valence-corrected chi connectivity index (χ0v) is 36.9. The Labute approximate surface area is 367 Å². The lowest BCUT2D eigenvalue weighted by Crippen LogP contribution is -2.47. The molecule has 3 N–H and O–H groups in total. The highest BCUT2D eigenvalue weighted by molar-refractivity contribution is 7.90. The van der Waals surface area contributed by atoms with Crippen LogP contribution in [0.5, 0.6) is 11.5 Å². The Hall–Kier alpha value is -5.41. The van der Waals surface area contributed by atoms with Crippen LogP contribution in [0.2, 0.25) is 5.02 Å². The third-order valence-electron chi connectivity index (χ3n) is 12.6. The number of ether oxygens (including phenoxy) is 2. The zero-order valence-electron chi connectivity index (χ0n) is 35.3. The Morgan fingerprint density at radius 3 is 2.44 bits per heavy atom. The predicted molar refractivity (Wildman–Crippen MR) is 244 cm³/mol. The van der Waals surface area contributed by atoms with E-state index in [1.54, 1.807) is 31.4 Å². The summed E-state index contributed by atoms with van der Waals surface area (Å²) in [4.78, 5) is 33.0. The monoisotopic (exact) mass is 880 g/mol. The number of aromatic amines is 1. The first-order chi connectivity index (χ1) is 29.7. The number of methoxy groups -OCH3 is 1. The quantitative estimate of drug-likeness (QED) is 0.0768. The summed E-state index contributed by atoms with van der Waals surface area (Å²) >= 11 is 6.24. The molecule has 15 heteroatoms. The Balaban J connectivity index is 1.00. The highest BCUT2D eigenvalue weighted by atomic mass is 35.5. The third kappa shape index (κ3) is 9.94. The lowest BCUT2D eigenvalue weighted by molar-refractivity contribution is -0.384. The number of nitro benzene ring substituents is 1. The molecule has 5 aromatic rings. The molecule has 0 radical (unpaired) electrons. The zero-order chi connectivity index (χ0) is 43.6. The standard InChI is InChI=1S/C47H53ClN6O7S/c1-47(2)20-18-33(41(29-47)31-4-6-34(48)7-5-31)30-52-22-24-53(25-23-52)36-10-15-40(45(27-36)61-38-13-16-42-32(26-38)19-21-49-42)46(55)51-62(58,59)39-14-17-43(44(28-39)54(56)57)50-35-8-11-37(60-3)12-9-35/h4-7,10,13-17,19,21,26-28,35,37,49-50H,8-9,11-12,18,20,22-25,29-30H2,1-3H3,(H,51,55). The van der Waals surface area contributed by atoms with Crippen LogP contribution in [0.1, 0.15) is 74.7 Å². The van der Waals surface area contributed by atoms with Gasteiger partial charge in [0.2, 0.25) is 0 Å². The number of nitro groups is 1. The number of H-pyrrole nitrogens is 1. The number of hydrogen-bond acceptors (Lipinski definition) is 10. The summed E-state index contributed by atoms with van der Waals surface area (Å²) < 4.78 is 41.4. The molecule has 2 heterocycles. The second-order valence-corrected chi connectivity index (χ2v) is 19.5. The van der Waals surface area contributed by atoms with Crippen molar-refractivity contribution >= 4 is 61.1 Å². The molecule has 1 aromatic heterocycles. The SMILES string of the molecule is COC1CCC(Nc2ccc(S(=O)(=O)NC(=O)c3ccc(N4CCN(CC5=C(c6ccc(Cl)cc6)CC(C)(C)CC5)CC4)cc3Oc3ccc4[nH]ccc4c3)cc2[N+](=O)[O-])CC1. The average Bonchev–Trinajstić information content (AvgIpc) is 3.73. The third-order valence-corrected chi connectivity index (χ3v) is 14.1. The largest absolute Gasteiger partial charge is 0.456 e. The number of anilines is 2. The fourth-order valence-corrected chi connectivity index (χ4v) is 10.1. The van der Waals surface area contributed by atoms with Gasteiger partial charge in [0, 0.05) is 85.8 Å². The Morgan fingerprint density at radius 2 is 1.71 bits per heavy atom. The molecule has 4 aromatic carbocycles. The summed E-state index contributed by atoms with van der Waals surface area (Å²) in [7, 11) is -2.87. The number of carbonyl (C=O) groups is 1. The molecular formula is C47H53ClN6O7S. The second-order valence-electron chi connectivity index (χ2n) is 17.4. The maximum atomic E-state index is 14.0. The molecule has 0 atom stereocenters. The fraction of sp³-hybridized carbons (Fsp3) is 0.383. The number of halogens is 1. The predicted octanol–water partition coefficient (Wildman–Crippen LogP) is 9.80. The number of nitrogens with zero attached hydrogens (tertiary/aromatic N) is 3. The van der Waals surface area contributed by atoms with Crippen molar-refractivity contribution < 1.29 is 27.6 Å². The molecule has 1 aliphatic heterocycles. The average molecular weight is 881 g/mol. The molecule has 0 unspecified atom stereocenters. The van der Waals surface area contributed by atoms with E-state index in [1.165, 1.54) is 28.8 Å². The van der Waals surface area contributed by atoms with Crippen molar-refractivity contribution in [1.29, 1.82) is 0 Å². The van der Waals surface area contributed by atoms with E-state index in [0.717, 1.165) is 105 Å². The summed E-state index contributed by atoms with van der Waals surface area (Å²) in [5.41, 5.74) is 5.90. The fourth-order valence-electron chi connectivity index (χ4n) is 8.95. The van der Waals surface area contributed by atoms with Gasteiger partial charge in [-0.05, 0) is 122 Å². The van der Waals surface area contributed by atoms with Crippen molar-refractivity contribution in [2.24, 2.45) is 5.41 Å². The van der Waals surface area contributed by atoms with E-state index in [1.807, 2.05) is 36.5 Å². The molecule has 326 valence electrons. The summed E-state index contributed by atoms with van der Waals surface area (Å²) in [6.45, 7) is 8.70. The number of piperazine rings is 1. The number of hydrogen-bond donors (Lipinski definition) is 3. The number of fused-ring (bicyclic) bond motifs is 1. The van der Waals surface area contributed by atoms with E-state index < -0.39 is 31.4 Å². The number of allylic oxidation sites excluding steroid dienone is 1. The molecule has 0 spiro atoms. The van der Waals surface area contributed by atoms with Crippen molar-refractivity contribution in [2.45, 2.75) is 75.8 Å². The number of rotatable bonds is 13. The van der Waals surface area contributed by atoms with Gasteiger partial charge < -0.3 is 24.7 Å². The van der Waals surface area contributed by atoms with Crippen LogP contribution < -0.4 is 19.7 Å². The van der Waals surface area contributed by atoms with Crippen LogP contribution in [0.15, 0.2) is 102 Å². The molecule has 62 heavy (non-hydrogen) atoms. The molecular weight excluding hydrogens is 828 g/mol. The maximum Gasteiger partial charge on any atom is 0.293 e. The van der Waals surface area contributed by atoms with Crippen molar-refractivity contribution in [1.82, 2.24) is 14.6 Å². The van der Waals surface area contributed by atoms with Gasteiger partial charge in [0.05, 0.1) is 21.5 Å². The van der Waals surface area contributed by atoms with Gasteiger partial charge >= 0.3 is 0 Å². The van der Waals surface area contributed by atoms with Gasteiger partial charge in [0.1, 0.15) is 17.2 Å².